The SMILES string of the molecule is Cc1cccc(N(CC(=O)N(Cc2ccc(Br)cc2)[C@H](C)C(=O)NC(C)(C)C)S(C)(=O)=O)c1C. The number of carbonyl (C=O) groups excluding carboxylic acids is 2. The molecule has 0 heterocycles. The van der Waals surface area contributed by atoms with Crippen LogP contribution in [0.3, 0.4) is 0 Å². The molecular weight excluding hydrogens is 518 g/mol. The second kappa shape index (κ2) is 10.9. The van der Waals surface area contributed by atoms with E-state index >= 15 is 0 Å². The minimum Gasteiger partial charge on any atom is -0.350 e. The van der Waals surface area contributed by atoms with Crippen LogP contribution < -0.4 is 9.62 Å². The third-order valence-electron chi connectivity index (χ3n) is 5.46. The van der Waals surface area contributed by atoms with Crippen LogP contribution >= 0.6 is 15.9 Å². The Hall–Kier alpha value is -2.39. The topological polar surface area (TPSA) is 86.8 Å². The smallest absolute Gasteiger partial charge is 0.244 e. The lowest BCUT2D eigenvalue weighted by atomic mass is 10.1. The van der Waals surface area contributed by atoms with Crippen molar-refractivity contribution in [3.8, 4) is 0 Å². The van der Waals surface area contributed by atoms with Gasteiger partial charge in [0.25, 0.3) is 0 Å². The number of anilines is 1. The second-order valence-electron chi connectivity index (χ2n) is 9.55. The van der Waals surface area contributed by atoms with E-state index in [9.17, 15) is 18.0 Å². The van der Waals surface area contributed by atoms with Crippen molar-refractivity contribution in [2.24, 2.45) is 0 Å². The molecule has 2 aromatic rings. The van der Waals surface area contributed by atoms with Crippen molar-refractivity contribution >= 4 is 43.5 Å². The Labute approximate surface area is 211 Å². The van der Waals surface area contributed by atoms with Crippen LogP contribution in [0.4, 0.5) is 5.69 Å². The average molecular weight is 553 g/mol. The molecule has 34 heavy (non-hydrogen) atoms. The van der Waals surface area contributed by atoms with Gasteiger partial charge >= 0.3 is 0 Å². The summed E-state index contributed by atoms with van der Waals surface area (Å²) in [6.45, 7) is 10.7. The number of aryl methyl sites for hydroxylation is 1. The van der Waals surface area contributed by atoms with E-state index in [1.165, 1.54) is 4.90 Å². The summed E-state index contributed by atoms with van der Waals surface area (Å²) in [6, 6.07) is 12.0. The predicted molar refractivity (Wildman–Crippen MR) is 140 cm³/mol. The minimum absolute atomic E-state index is 0.162. The highest BCUT2D eigenvalue weighted by atomic mass is 79.9. The lowest BCUT2D eigenvalue weighted by Gasteiger charge is -2.33. The molecule has 2 aromatic carbocycles. The van der Waals surface area contributed by atoms with Crippen LogP contribution in [0.2, 0.25) is 0 Å². The Morgan fingerprint density at radius 3 is 2.18 bits per heavy atom. The molecule has 0 fully saturated rings. The second-order valence-corrected chi connectivity index (χ2v) is 12.4. The van der Waals surface area contributed by atoms with Crippen molar-refractivity contribution in [2.45, 2.75) is 59.7 Å². The van der Waals surface area contributed by atoms with Gasteiger partial charge < -0.3 is 10.2 Å². The number of nitrogens with one attached hydrogen (secondary N) is 1. The van der Waals surface area contributed by atoms with Gasteiger partial charge in [-0.1, -0.05) is 40.2 Å². The molecule has 2 rings (SSSR count). The number of hydrogen-bond acceptors (Lipinski definition) is 4. The van der Waals surface area contributed by atoms with Crippen molar-refractivity contribution in [1.29, 1.82) is 0 Å². The molecule has 7 nitrogen and oxygen atoms in total. The molecule has 186 valence electrons. The maximum Gasteiger partial charge on any atom is 0.244 e. The summed E-state index contributed by atoms with van der Waals surface area (Å²) >= 11 is 3.40. The van der Waals surface area contributed by atoms with Gasteiger partial charge in [-0.15, -0.1) is 0 Å². The fourth-order valence-electron chi connectivity index (χ4n) is 3.44. The van der Waals surface area contributed by atoms with E-state index < -0.39 is 34.1 Å². The van der Waals surface area contributed by atoms with Gasteiger partial charge in [0.05, 0.1) is 11.9 Å². The summed E-state index contributed by atoms with van der Waals surface area (Å²) in [7, 11) is -3.76. The first-order valence-corrected chi connectivity index (χ1v) is 13.6. The zero-order chi connectivity index (χ0) is 25.8. The van der Waals surface area contributed by atoms with Gasteiger partial charge in [-0.2, -0.15) is 0 Å². The summed E-state index contributed by atoms with van der Waals surface area (Å²) in [4.78, 5) is 28.0. The largest absolute Gasteiger partial charge is 0.350 e. The molecule has 2 amide bonds. The Balaban J connectivity index is 2.44. The molecule has 0 aliphatic carbocycles. The highest BCUT2D eigenvalue weighted by molar-refractivity contribution is 9.10. The van der Waals surface area contributed by atoms with E-state index in [4.69, 9.17) is 0 Å². The zero-order valence-electron chi connectivity index (χ0n) is 20.8. The highest BCUT2D eigenvalue weighted by Gasteiger charge is 2.31. The normalized spacial score (nSPS) is 12.7. The van der Waals surface area contributed by atoms with Crippen LogP contribution in [-0.2, 0) is 26.2 Å². The summed E-state index contributed by atoms with van der Waals surface area (Å²) < 4.78 is 27.4. The van der Waals surface area contributed by atoms with E-state index in [1.54, 1.807) is 19.1 Å². The summed E-state index contributed by atoms with van der Waals surface area (Å²) in [6.07, 6.45) is 1.08. The van der Waals surface area contributed by atoms with Crippen molar-refractivity contribution in [2.75, 3.05) is 17.1 Å². The fraction of sp³-hybridized carbons (Fsp3) is 0.440. The van der Waals surface area contributed by atoms with Gasteiger partial charge in [-0.05, 0) is 76.4 Å². The molecule has 0 aliphatic rings. The first kappa shape index (κ1) is 27.9. The first-order chi connectivity index (χ1) is 15.6. The molecule has 0 spiro atoms. The molecule has 0 aromatic heterocycles. The van der Waals surface area contributed by atoms with Crippen LogP contribution in [-0.4, -0.2) is 49.5 Å². The summed E-state index contributed by atoms with van der Waals surface area (Å²) in [5.41, 5.74) is 2.49. The van der Waals surface area contributed by atoms with E-state index in [-0.39, 0.29) is 12.5 Å². The molecule has 0 bridgehead atoms. The van der Waals surface area contributed by atoms with E-state index in [0.717, 1.165) is 31.7 Å². The fourth-order valence-corrected chi connectivity index (χ4v) is 4.61. The van der Waals surface area contributed by atoms with Gasteiger partial charge in [0.1, 0.15) is 12.6 Å². The van der Waals surface area contributed by atoms with Gasteiger partial charge in [0.15, 0.2) is 0 Å². The Kier molecular flexibility index (Phi) is 8.93. The molecule has 1 N–H and O–H groups in total. The van der Waals surface area contributed by atoms with Gasteiger partial charge in [-0.25, -0.2) is 8.42 Å². The molecular formula is C25H34BrN3O4S. The van der Waals surface area contributed by atoms with E-state index in [1.807, 2.05) is 65.0 Å². The lowest BCUT2D eigenvalue weighted by Crippen LogP contribution is -2.54. The molecule has 9 heteroatoms. The molecule has 0 saturated carbocycles. The maximum absolute atomic E-state index is 13.6. The highest BCUT2D eigenvalue weighted by Crippen LogP contribution is 2.25. The monoisotopic (exact) mass is 551 g/mol. The number of halogens is 1. The third-order valence-corrected chi connectivity index (χ3v) is 7.11. The van der Waals surface area contributed by atoms with Crippen LogP contribution in [0.15, 0.2) is 46.9 Å². The minimum atomic E-state index is -3.76. The first-order valence-electron chi connectivity index (χ1n) is 11.0. The summed E-state index contributed by atoms with van der Waals surface area (Å²) in [5.74, 6) is -0.776. The van der Waals surface area contributed by atoms with Crippen LogP contribution in [0.25, 0.3) is 0 Å². The lowest BCUT2D eigenvalue weighted by molar-refractivity contribution is -0.140. The standard InChI is InChI=1S/C25H34BrN3O4S/c1-17-9-8-10-22(18(17)2)29(34(7,32)33)16-23(30)28(15-20-11-13-21(26)14-12-20)19(3)24(31)27-25(4,5)6/h8-14,19H,15-16H2,1-7H3,(H,27,31)/t19-/m1/s1. The number of carbonyl (C=O) groups is 2. The Morgan fingerprint density at radius 1 is 1.06 bits per heavy atom. The molecule has 0 saturated heterocycles. The van der Waals surface area contributed by atoms with Gasteiger partial charge in [0, 0.05) is 16.6 Å². The number of sulfonamides is 1. The molecule has 0 aliphatic heterocycles. The van der Waals surface area contributed by atoms with Crippen molar-refractivity contribution < 1.29 is 18.0 Å². The molecule has 0 unspecified atom stereocenters. The summed E-state index contributed by atoms with van der Waals surface area (Å²) in [5, 5.41) is 2.91. The number of amides is 2. The zero-order valence-corrected chi connectivity index (χ0v) is 23.2. The maximum atomic E-state index is 13.6. The Bertz CT molecular complexity index is 1140. The number of nitrogens with zero attached hydrogens (tertiary/aromatic N) is 2. The molecule has 0 radical (unpaired) electrons. The van der Waals surface area contributed by atoms with E-state index in [2.05, 4.69) is 21.2 Å². The van der Waals surface area contributed by atoms with Crippen LogP contribution in [0.5, 0.6) is 0 Å². The van der Waals surface area contributed by atoms with Crippen molar-refractivity contribution in [1.82, 2.24) is 10.2 Å². The molecule has 1 atom stereocenters. The quantitative estimate of drug-likeness (QED) is 0.533. The average Bonchev–Trinajstić information content (AvgIpc) is 2.71. The van der Waals surface area contributed by atoms with E-state index in [0.29, 0.717) is 5.69 Å². The van der Waals surface area contributed by atoms with Gasteiger partial charge in [-0.3, -0.25) is 13.9 Å². The van der Waals surface area contributed by atoms with Crippen LogP contribution in [0, 0.1) is 13.8 Å². The van der Waals surface area contributed by atoms with Gasteiger partial charge in [0.2, 0.25) is 21.8 Å². The van der Waals surface area contributed by atoms with Crippen molar-refractivity contribution in [3.63, 3.8) is 0 Å². The Morgan fingerprint density at radius 2 is 1.65 bits per heavy atom. The number of hydrogen-bond donors (Lipinski definition) is 1. The van der Waals surface area contributed by atoms with Crippen LogP contribution in [0.1, 0.15) is 44.4 Å². The number of benzene rings is 2. The third kappa shape index (κ3) is 7.56. The predicted octanol–water partition coefficient (Wildman–Crippen LogP) is 4.16. The number of rotatable bonds is 8. The van der Waals surface area contributed by atoms with Crippen molar-refractivity contribution in [3.05, 3.63) is 63.6 Å².